The van der Waals surface area contributed by atoms with Gasteiger partial charge in [-0.3, -0.25) is 14.8 Å². The molecule has 0 aliphatic heterocycles. The average Bonchev–Trinajstić information content (AvgIpc) is 3.24. The van der Waals surface area contributed by atoms with Gasteiger partial charge in [-0.25, -0.2) is 5.48 Å². The van der Waals surface area contributed by atoms with E-state index in [1.54, 1.807) is 42.9 Å². The van der Waals surface area contributed by atoms with Crippen molar-refractivity contribution in [2.24, 2.45) is 0 Å². The Morgan fingerprint density at radius 2 is 1.69 bits per heavy atom. The summed E-state index contributed by atoms with van der Waals surface area (Å²) >= 11 is 0. The first-order valence-electron chi connectivity index (χ1n) is 10.1. The zero-order valence-electron chi connectivity index (χ0n) is 17.5. The second-order valence-corrected chi connectivity index (χ2v) is 7.33. The number of hydrogen-bond donors (Lipinski definition) is 2. The predicted molar refractivity (Wildman–Crippen MR) is 123 cm³/mol. The number of benzene rings is 3. The van der Waals surface area contributed by atoms with Crippen LogP contribution in [-0.4, -0.2) is 28.6 Å². The monoisotopic (exact) mass is 426 g/mol. The number of carbonyl (C=O) groups excluding carboxylic acids is 2. The van der Waals surface area contributed by atoms with Gasteiger partial charge < -0.3 is 9.30 Å². The topological polar surface area (TPSA) is 80.6 Å². The van der Waals surface area contributed by atoms with E-state index in [0.717, 1.165) is 22.0 Å². The summed E-state index contributed by atoms with van der Waals surface area (Å²) in [5, 5.41) is 9.53. The van der Waals surface area contributed by atoms with Crippen molar-refractivity contribution in [3.8, 4) is 5.75 Å². The van der Waals surface area contributed by atoms with E-state index < -0.39 is 5.91 Å². The highest BCUT2D eigenvalue weighted by atomic mass is 16.5. The molecular formula is C26H22N2O4. The lowest BCUT2D eigenvalue weighted by atomic mass is 10.0. The van der Waals surface area contributed by atoms with Crippen LogP contribution >= 0.6 is 0 Å². The number of rotatable bonds is 7. The average molecular weight is 426 g/mol. The fourth-order valence-corrected chi connectivity index (χ4v) is 3.53. The summed E-state index contributed by atoms with van der Waals surface area (Å²) in [5.74, 6) is 0.118. The van der Waals surface area contributed by atoms with E-state index in [-0.39, 0.29) is 5.78 Å². The van der Waals surface area contributed by atoms with Crippen molar-refractivity contribution >= 4 is 28.7 Å². The first-order chi connectivity index (χ1) is 15.6. The molecule has 0 saturated carbocycles. The Morgan fingerprint density at radius 3 is 2.38 bits per heavy atom. The number of nitrogens with zero attached hydrogens (tertiary/aromatic N) is 1. The summed E-state index contributed by atoms with van der Waals surface area (Å²) in [6.45, 7) is 0.677. The van der Waals surface area contributed by atoms with Crippen molar-refractivity contribution in [2.45, 2.75) is 6.54 Å². The molecule has 6 heteroatoms. The second-order valence-electron chi connectivity index (χ2n) is 7.33. The van der Waals surface area contributed by atoms with Gasteiger partial charge >= 0.3 is 0 Å². The standard InChI is InChI=1S/C26H22N2O4/c1-32-23-10-7-20(8-11-23)26(30)22-9-12-24-21(16-22)14-15-28(24)17-19-4-2-18(3-5-19)6-13-25(29)27-31/h2-16,31H,17H2,1H3,(H,27,29)/b13-6+. The van der Waals surface area contributed by atoms with E-state index in [2.05, 4.69) is 4.57 Å². The number of aromatic nitrogens is 1. The molecule has 0 bridgehead atoms. The molecule has 0 aliphatic rings. The third kappa shape index (κ3) is 4.61. The minimum absolute atomic E-state index is 0.0270. The molecule has 1 heterocycles. The molecule has 32 heavy (non-hydrogen) atoms. The Balaban J connectivity index is 1.51. The lowest BCUT2D eigenvalue weighted by molar-refractivity contribution is -0.124. The van der Waals surface area contributed by atoms with E-state index in [9.17, 15) is 9.59 Å². The highest BCUT2D eigenvalue weighted by Crippen LogP contribution is 2.22. The maximum absolute atomic E-state index is 12.8. The molecule has 4 aromatic rings. The molecule has 160 valence electrons. The predicted octanol–water partition coefficient (Wildman–Crippen LogP) is 4.45. The van der Waals surface area contributed by atoms with E-state index in [1.165, 1.54) is 6.08 Å². The molecule has 3 aromatic carbocycles. The lowest BCUT2D eigenvalue weighted by Crippen LogP contribution is -2.14. The van der Waals surface area contributed by atoms with Gasteiger partial charge in [-0.1, -0.05) is 24.3 Å². The number of nitrogens with one attached hydrogen (secondary N) is 1. The van der Waals surface area contributed by atoms with Crippen LogP contribution in [0.2, 0.25) is 0 Å². The Hall–Kier alpha value is -4.16. The molecule has 0 fully saturated rings. The van der Waals surface area contributed by atoms with Gasteiger partial charge in [0.1, 0.15) is 5.75 Å². The quantitative estimate of drug-likeness (QED) is 0.198. The van der Waals surface area contributed by atoms with Crippen LogP contribution in [0.4, 0.5) is 0 Å². The van der Waals surface area contributed by atoms with Crippen molar-refractivity contribution in [1.82, 2.24) is 10.0 Å². The molecule has 0 unspecified atom stereocenters. The third-order valence-corrected chi connectivity index (χ3v) is 5.26. The van der Waals surface area contributed by atoms with E-state index >= 15 is 0 Å². The van der Waals surface area contributed by atoms with Crippen LogP contribution in [-0.2, 0) is 11.3 Å². The normalized spacial score (nSPS) is 11.1. The van der Waals surface area contributed by atoms with Gasteiger partial charge in [0.05, 0.1) is 7.11 Å². The molecule has 0 spiro atoms. The Bertz CT molecular complexity index is 1290. The van der Waals surface area contributed by atoms with Crippen LogP contribution in [0, 0.1) is 0 Å². The first-order valence-corrected chi connectivity index (χ1v) is 10.1. The smallest absolute Gasteiger partial charge is 0.267 e. The fourth-order valence-electron chi connectivity index (χ4n) is 3.53. The summed E-state index contributed by atoms with van der Waals surface area (Å²) in [7, 11) is 1.60. The van der Waals surface area contributed by atoms with Crippen molar-refractivity contribution < 1.29 is 19.5 Å². The van der Waals surface area contributed by atoms with Crippen LogP contribution < -0.4 is 10.2 Å². The summed E-state index contributed by atoms with van der Waals surface area (Å²) < 4.78 is 7.28. The zero-order valence-corrected chi connectivity index (χ0v) is 17.5. The molecule has 0 saturated heterocycles. The van der Waals surface area contributed by atoms with Gasteiger partial charge in [0, 0.05) is 40.8 Å². The summed E-state index contributed by atoms with van der Waals surface area (Å²) in [5.41, 5.74) is 5.83. The number of amides is 1. The molecule has 0 radical (unpaired) electrons. The SMILES string of the molecule is COc1ccc(C(=O)c2ccc3c(ccn3Cc3ccc(/C=C/C(=O)NO)cc3)c2)cc1. The molecule has 1 aromatic heterocycles. The Labute approximate surface area is 185 Å². The van der Waals surface area contributed by atoms with Crippen LogP contribution in [0.5, 0.6) is 5.75 Å². The number of hydrogen-bond acceptors (Lipinski definition) is 4. The molecule has 4 rings (SSSR count). The molecular weight excluding hydrogens is 404 g/mol. The minimum atomic E-state index is -0.572. The van der Waals surface area contributed by atoms with Crippen LogP contribution in [0.25, 0.3) is 17.0 Å². The van der Waals surface area contributed by atoms with Crippen LogP contribution in [0.1, 0.15) is 27.0 Å². The molecule has 0 aliphatic carbocycles. The van der Waals surface area contributed by atoms with E-state index in [0.29, 0.717) is 23.4 Å². The Kier molecular flexibility index (Phi) is 6.14. The van der Waals surface area contributed by atoms with Gasteiger partial charge in [0.15, 0.2) is 5.78 Å². The maximum Gasteiger partial charge on any atom is 0.267 e. The number of ether oxygens (including phenoxy) is 1. The van der Waals surface area contributed by atoms with Crippen LogP contribution in [0.15, 0.2) is 85.1 Å². The first kappa shape index (κ1) is 21.1. The minimum Gasteiger partial charge on any atom is -0.497 e. The fraction of sp³-hybridized carbons (Fsp3) is 0.0769. The highest BCUT2D eigenvalue weighted by Gasteiger charge is 2.11. The van der Waals surface area contributed by atoms with Crippen molar-refractivity contribution in [2.75, 3.05) is 7.11 Å². The van der Waals surface area contributed by atoms with E-state index in [4.69, 9.17) is 9.94 Å². The number of methoxy groups -OCH3 is 1. The lowest BCUT2D eigenvalue weighted by Gasteiger charge is -2.08. The Morgan fingerprint density at radius 1 is 0.969 bits per heavy atom. The highest BCUT2D eigenvalue weighted by molar-refractivity contribution is 6.10. The zero-order chi connectivity index (χ0) is 22.5. The van der Waals surface area contributed by atoms with Gasteiger partial charge in [-0.05, 0) is 65.7 Å². The molecule has 0 atom stereocenters. The van der Waals surface area contributed by atoms with Crippen molar-refractivity contribution in [1.29, 1.82) is 0 Å². The largest absolute Gasteiger partial charge is 0.497 e. The van der Waals surface area contributed by atoms with E-state index in [1.807, 2.05) is 54.7 Å². The second kappa shape index (κ2) is 9.32. The molecule has 1 amide bonds. The number of carbonyl (C=O) groups is 2. The van der Waals surface area contributed by atoms with Crippen molar-refractivity contribution in [3.05, 3.63) is 107 Å². The third-order valence-electron chi connectivity index (χ3n) is 5.26. The molecule has 2 N–H and O–H groups in total. The summed E-state index contributed by atoms with van der Waals surface area (Å²) in [4.78, 5) is 23.9. The summed E-state index contributed by atoms with van der Waals surface area (Å²) in [6.07, 6.45) is 4.90. The maximum atomic E-state index is 12.8. The number of ketones is 1. The van der Waals surface area contributed by atoms with Gasteiger partial charge in [-0.2, -0.15) is 0 Å². The summed E-state index contributed by atoms with van der Waals surface area (Å²) in [6, 6.07) is 22.6. The van der Waals surface area contributed by atoms with Gasteiger partial charge in [0.2, 0.25) is 0 Å². The van der Waals surface area contributed by atoms with Crippen molar-refractivity contribution in [3.63, 3.8) is 0 Å². The molecule has 6 nitrogen and oxygen atoms in total. The van der Waals surface area contributed by atoms with Gasteiger partial charge in [-0.15, -0.1) is 0 Å². The number of fused-ring (bicyclic) bond motifs is 1. The van der Waals surface area contributed by atoms with Crippen LogP contribution in [0.3, 0.4) is 0 Å². The van der Waals surface area contributed by atoms with Gasteiger partial charge in [0.25, 0.3) is 5.91 Å². The number of hydroxylamine groups is 1.